The Morgan fingerprint density at radius 3 is 2.47 bits per heavy atom. The van der Waals surface area contributed by atoms with Gasteiger partial charge < -0.3 is 4.74 Å². The highest BCUT2D eigenvalue weighted by molar-refractivity contribution is 7.90. The number of nitrogens with two attached hydrogens (primary N) is 1. The van der Waals surface area contributed by atoms with Gasteiger partial charge in [0.15, 0.2) is 0 Å². The summed E-state index contributed by atoms with van der Waals surface area (Å²) in [4.78, 5) is 11.3. The van der Waals surface area contributed by atoms with Gasteiger partial charge in [-0.25, -0.2) is 9.44 Å². The minimum absolute atomic E-state index is 0.380. The molecule has 6 nitrogen and oxygen atoms in total. The monoisotopic (exact) mass is 286 g/mol. The van der Waals surface area contributed by atoms with E-state index in [0.29, 0.717) is 5.69 Å². The SMILES string of the molecule is CCc1ccc(N(CC(=O)OC)S(N)(=O)=O)c(C)c1. The van der Waals surface area contributed by atoms with Crippen LogP contribution in [0.5, 0.6) is 0 Å². The minimum Gasteiger partial charge on any atom is -0.468 e. The van der Waals surface area contributed by atoms with Crippen molar-refractivity contribution in [2.24, 2.45) is 5.14 Å². The van der Waals surface area contributed by atoms with E-state index in [1.165, 1.54) is 7.11 Å². The largest absolute Gasteiger partial charge is 0.468 e. The number of rotatable bonds is 5. The van der Waals surface area contributed by atoms with Crippen molar-refractivity contribution in [3.8, 4) is 0 Å². The summed E-state index contributed by atoms with van der Waals surface area (Å²) in [5.41, 5.74) is 2.19. The zero-order chi connectivity index (χ0) is 14.6. The third-order valence-corrected chi connectivity index (χ3v) is 3.69. The summed E-state index contributed by atoms with van der Waals surface area (Å²) in [5.74, 6) is -0.673. The Labute approximate surface area is 113 Å². The molecule has 1 rings (SSSR count). The zero-order valence-electron chi connectivity index (χ0n) is 11.2. The molecule has 0 spiro atoms. The number of ether oxygens (including phenoxy) is 1. The third-order valence-electron chi connectivity index (χ3n) is 2.75. The molecule has 0 aliphatic heterocycles. The van der Waals surface area contributed by atoms with Crippen molar-refractivity contribution in [1.29, 1.82) is 0 Å². The van der Waals surface area contributed by atoms with Gasteiger partial charge in [0.05, 0.1) is 12.8 Å². The molecule has 0 fully saturated rings. The van der Waals surface area contributed by atoms with Gasteiger partial charge in [-0.2, -0.15) is 8.42 Å². The molecule has 2 N–H and O–H groups in total. The van der Waals surface area contributed by atoms with Crippen molar-refractivity contribution in [3.05, 3.63) is 29.3 Å². The molecule has 0 aliphatic carbocycles. The molecule has 0 amide bonds. The number of hydrogen-bond acceptors (Lipinski definition) is 4. The molecule has 1 aromatic carbocycles. The number of carbonyl (C=O) groups is 1. The molecule has 0 aromatic heterocycles. The van der Waals surface area contributed by atoms with Gasteiger partial charge in [-0.15, -0.1) is 0 Å². The van der Waals surface area contributed by atoms with E-state index in [1.54, 1.807) is 19.1 Å². The Hall–Kier alpha value is -1.60. The van der Waals surface area contributed by atoms with Crippen molar-refractivity contribution in [1.82, 2.24) is 0 Å². The highest BCUT2D eigenvalue weighted by atomic mass is 32.2. The third kappa shape index (κ3) is 3.93. The number of anilines is 1. The highest BCUT2D eigenvalue weighted by Crippen LogP contribution is 2.23. The maximum absolute atomic E-state index is 11.6. The van der Waals surface area contributed by atoms with Crippen LogP contribution in [0.4, 0.5) is 5.69 Å². The summed E-state index contributed by atoms with van der Waals surface area (Å²) in [5, 5.41) is 5.14. The zero-order valence-corrected chi connectivity index (χ0v) is 12.0. The molecule has 0 aliphatic rings. The van der Waals surface area contributed by atoms with E-state index in [1.807, 2.05) is 13.0 Å². The summed E-state index contributed by atoms with van der Waals surface area (Å²) >= 11 is 0. The first-order valence-corrected chi connectivity index (χ1v) is 7.26. The number of methoxy groups -OCH3 is 1. The molecule has 0 bridgehead atoms. The van der Waals surface area contributed by atoms with Gasteiger partial charge in [-0.3, -0.25) is 4.79 Å². The van der Waals surface area contributed by atoms with Crippen LogP contribution in [0.2, 0.25) is 0 Å². The quantitative estimate of drug-likeness (QED) is 0.808. The van der Waals surface area contributed by atoms with Gasteiger partial charge in [-0.05, 0) is 30.5 Å². The molecule has 0 atom stereocenters. The highest BCUT2D eigenvalue weighted by Gasteiger charge is 2.23. The summed E-state index contributed by atoms with van der Waals surface area (Å²) in [7, 11) is -2.84. The summed E-state index contributed by atoms with van der Waals surface area (Å²) < 4.78 is 28.5. The van der Waals surface area contributed by atoms with Crippen LogP contribution in [0.3, 0.4) is 0 Å². The Balaban J connectivity index is 3.22. The van der Waals surface area contributed by atoms with Crippen molar-refractivity contribution < 1.29 is 17.9 Å². The second-order valence-electron chi connectivity index (χ2n) is 4.10. The number of carbonyl (C=O) groups excluding carboxylic acids is 1. The Morgan fingerprint density at radius 1 is 1.42 bits per heavy atom. The molecule has 1 aromatic rings. The lowest BCUT2D eigenvalue weighted by molar-refractivity contribution is -0.138. The lowest BCUT2D eigenvalue weighted by Gasteiger charge is -2.22. The smallest absolute Gasteiger partial charge is 0.326 e. The molecular weight excluding hydrogens is 268 g/mol. The van der Waals surface area contributed by atoms with Crippen molar-refractivity contribution in [3.63, 3.8) is 0 Å². The molecule has 0 unspecified atom stereocenters. The summed E-state index contributed by atoms with van der Waals surface area (Å²) in [6, 6.07) is 5.31. The van der Waals surface area contributed by atoms with E-state index in [-0.39, 0.29) is 0 Å². The summed E-state index contributed by atoms with van der Waals surface area (Å²) in [6.45, 7) is 3.33. The molecule has 7 heteroatoms. The van der Waals surface area contributed by atoms with Gasteiger partial charge in [0.2, 0.25) is 0 Å². The maximum Gasteiger partial charge on any atom is 0.326 e. The number of hydrogen-bond donors (Lipinski definition) is 1. The van der Waals surface area contributed by atoms with E-state index in [0.717, 1.165) is 21.9 Å². The first kappa shape index (κ1) is 15.5. The molecule has 0 heterocycles. The minimum atomic E-state index is -4.03. The first-order valence-electron chi connectivity index (χ1n) is 5.76. The van der Waals surface area contributed by atoms with Gasteiger partial charge in [0.25, 0.3) is 10.2 Å². The average Bonchev–Trinajstić information content (AvgIpc) is 2.34. The van der Waals surface area contributed by atoms with Crippen LogP contribution >= 0.6 is 0 Å². The standard InChI is InChI=1S/C12H18N2O4S/c1-4-10-5-6-11(9(2)7-10)14(19(13,16)17)8-12(15)18-3/h5-7H,4,8H2,1-3H3,(H2,13,16,17). The average molecular weight is 286 g/mol. The summed E-state index contributed by atoms with van der Waals surface area (Å²) in [6.07, 6.45) is 0.841. The van der Waals surface area contributed by atoms with E-state index < -0.39 is 22.7 Å². The second-order valence-corrected chi connectivity index (χ2v) is 5.57. The normalized spacial score (nSPS) is 11.2. The van der Waals surface area contributed by atoms with Crippen LogP contribution in [-0.2, 0) is 26.2 Å². The number of aryl methyl sites for hydroxylation is 2. The lowest BCUT2D eigenvalue weighted by atomic mass is 10.1. The molecule has 0 saturated heterocycles. The first-order chi connectivity index (χ1) is 8.79. The van der Waals surface area contributed by atoms with Gasteiger partial charge in [0, 0.05) is 0 Å². The van der Waals surface area contributed by atoms with Crippen molar-refractivity contribution >= 4 is 21.9 Å². The number of nitrogens with zero attached hydrogens (tertiary/aromatic N) is 1. The van der Waals surface area contributed by atoms with Gasteiger partial charge in [0.1, 0.15) is 6.54 Å². The number of benzene rings is 1. The van der Waals surface area contributed by atoms with E-state index in [4.69, 9.17) is 5.14 Å². The Morgan fingerprint density at radius 2 is 2.05 bits per heavy atom. The van der Waals surface area contributed by atoms with E-state index >= 15 is 0 Å². The fraction of sp³-hybridized carbons (Fsp3) is 0.417. The fourth-order valence-corrected chi connectivity index (χ4v) is 2.48. The van der Waals surface area contributed by atoms with E-state index in [2.05, 4.69) is 4.74 Å². The number of esters is 1. The van der Waals surface area contributed by atoms with Crippen molar-refractivity contribution in [2.75, 3.05) is 18.0 Å². The van der Waals surface area contributed by atoms with Crippen LogP contribution in [0.15, 0.2) is 18.2 Å². The lowest BCUT2D eigenvalue weighted by Crippen LogP contribution is -2.41. The predicted octanol–water partition coefficient (Wildman–Crippen LogP) is 0.740. The Bertz CT molecular complexity index is 569. The van der Waals surface area contributed by atoms with Crippen LogP contribution in [0, 0.1) is 6.92 Å². The van der Waals surface area contributed by atoms with Crippen molar-refractivity contribution in [2.45, 2.75) is 20.3 Å². The van der Waals surface area contributed by atoms with E-state index in [9.17, 15) is 13.2 Å². The van der Waals surface area contributed by atoms with Gasteiger partial charge >= 0.3 is 5.97 Å². The topological polar surface area (TPSA) is 89.7 Å². The molecule has 19 heavy (non-hydrogen) atoms. The van der Waals surface area contributed by atoms with Gasteiger partial charge in [-0.1, -0.05) is 19.1 Å². The second kappa shape index (κ2) is 6.03. The van der Waals surface area contributed by atoms with Crippen LogP contribution < -0.4 is 9.44 Å². The van der Waals surface area contributed by atoms with Crippen LogP contribution in [0.1, 0.15) is 18.1 Å². The maximum atomic E-state index is 11.6. The van der Waals surface area contributed by atoms with Crippen LogP contribution in [0.25, 0.3) is 0 Å². The molecule has 106 valence electrons. The fourth-order valence-electron chi connectivity index (χ4n) is 1.71. The Kier molecular flexibility index (Phi) is 4.90. The molecular formula is C12H18N2O4S. The predicted molar refractivity (Wildman–Crippen MR) is 73.0 cm³/mol. The molecule has 0 radical (unpaired) electrons. The van der Waals surface area contributed by atoms with Crippen LogP contribution in [-0.4, -0.2) is 28.0 Å². The molecule has 0 saturated carbocycles.